The van der Waals surface area contributed by atoms with E-state index < -0.39 is 21.8 Å². The minimum absolute atomic E-state index is 0.134. The van der Waals surface area contributed by atoms with Crippen molar-refractivity contribution in [3.63, 3.8) is 0 Å². The van der Waals surface area contributed by atoms with Gasteiger partial charge in [0.25, 0.3) is 5.91 Å². The highest BCUT2D eigenvalue weighted by Crippen LogP contribution is 2.26. The van der Waals surface area contributed by atoms with Crippen LogP contribution in [0.2, 0.25) is 0 Å². The van der Waals surface area contributed by atoms with Gasteiger partial charge in [0.1, 0.15) is 5.82 Å². The van der Waals surface area contributed by atoms with Crippen molar-refractivity contribution in [2.24, 2.45) is 0 Å². The molecule has 34 heavy (non-hydrogen) atoms. The van der Waals surface area contributed by atoms with Gasteiger partial charge in [-0.3, -0.25) is 9.78 Å². The molecule has 4 aromatic rings. The second kappa shape index (κ2) is 9.18. The van der Waals surface area contributed by atoms with Crippen LogP contribution in [0, 0.1) is 5.82 Å². The molecule has 3 heterocycles. The van der Waals surface area contributed by atoms with Crippen molar-refractivity contribution in [1.29, 1.82) is 0 Å². The van der Waals surface area contributed by atoms with E-state index in [1.807, 2.05) is 6.92 Å². The third-order valence-corrected chi connectivity index (χ3v) is 6.29. The van der Waals surface area contributed by atoms with Gasteiger partial charge in [0.05, 0.1) is 42.3 Å². The molecule has 0 aliphatic rings. The summed E-state index contributed by atoms with van der Waals surface area (Å²) < 4.78 is 44.1. The number of hydrogen-bond acceptors (Lipinski definition) is 7. The van der Waals surface area contributed by atoms with E-state index in [-0.39, 0.29) is 16.7 Å². The number of methoxy groups -OCH3 is 1. The van der Waals surface area contributed by atoms with Gasteiger partial charge in [0, 0.05) is 23.9 Å². The SMILES string of the molecule is CCC(NC(=O)c1cncc2c1cnn2-c1ccc(F)cc1)c1cc(OC)nc(S(C)(=O)=O)c1. The molecule has 4 rings (SSSR count). The molecule has 1 unspecified atom stereocenters. The molecule has 1 amide bonds. The van der Waals surface area contributed by atoms with Crippen LogP contribution in [-0.2, 0) is 9.84 Å². The molecule has 0 bridgehead atoms. The molecule has 0 saturated heterocycles. The Hall–Kier alpha value is -3.86. The number of carbonyl (C=O) groups is 1. The molecule has 0 radical (unpaired) electrons. The highest BCUT2D eigenvalue weighted by atomic mass is 32.2. The first-order valence-corrected chi connectivity index (χ1v) is 12.2. The molecule has 0 aliphatic heterocycles. The summed E-state index contributed by atoms with van der Waals surface area (Å²) >= 11 is 0. The van der Waals surface area contributed by atoms with Crippen LogP contribution >= 0.6 is 0 Å². The lowest BCUT2D eigenvalue weighted by molar-refractivity contribution is 0.0936. The van der Waals surface area contributed by atoms with Crippen LogP contribution in [0.3, 0.4) is 0 Å². The molecular weight excluding hydrogens is 461 g/mol. The fourth-order valence-electron chi connectivity index (χ4n) is 3.56. The molecule has 0 fully saturated rings. The molecule has 1 N–H and O–H groups in total. The van der Waals surface area contributed by atoms with Gasteiger partial charge in [-0.1, -0.05) is 6.92 Å². The summed E-state index contributed by atoms with van der Waals surface area (Å²) in [7, 11) is -2.19. The summed E-state index contributed by atoms with van der Waals surface area (Å²) in [6.45, 7) is 1.86. The maximum absolute atomic E-state index is 13.3. The van der Waals surface area contributed by atoms with E-state index in [1.165, 1.54) is 31.5 Å². The summed E-state index contributed by atoms with van der Waals surface area (Å²) in [6, 6.07) is 8.33. The Morgan fingerprint density at radius 2 is 1.91 bits per heavy atom. The van der Waals surface area contributed by atoms with E-state index in [0.29, 0.717) is 34.1 Å². The molecule has 0 saturated carbocycles. The Morgan fingerprint density at radius 1 is 1.18 bits per heavy atom. The maximum Gasteiger partial charge on any atom is 0.254 e. The summed E-state index contributed by atoms with van der Waals surface area (Å²) in [4.78, 5) is 21.4. The van der Waals surface area contributed by atoms with Gasteiger partial charge < -0.3 is 10.1 Å². The van der Waals surface area contributed by atoms with Gasteiger partial charge in [0.2, 0.25) is 5.88 Å². The lowest BCUT2D eigenvalue weighted by Gasteiger charge is -2.19. The fourth-order valence-corrected chi connectivity index (χ4v) is 4.17. The number of pyridine rings is 2. The number of amides is 1. The molecule has 0 aliphatic carbocycles. The van der Waals surface area contributed by atoms with E-state index in [1.54, 1.807) is 35.3 Å². The Bertz CT molecular complexity index is 1470. The van der Waals surface area contributed by atoms with Crippen molar-refractivity contribution >= 4 is 26.6 Å². The van der Waals surface area contributed by atoms with Gasteiger partial charge in [-0.2, -0.15) is 5.10 Å². The van der Waals surface area contributed by atoms with Gasteiger partial charge in [-0.25, -0.2) is 22.5 Å². The predicted octanol–water partition coefficient (Wildman–Crippen LogP) is 3.25. The first-order valence-electron chi connectivity index (χ1n) is 10.4. The Labute approximate surface area is 195 Å². The Morgan fingerprint density at radius 3 is 2.56 bits per heavy atom. The summed E-state index contributed by atoms with van der Waals surface area (Å²) in [6.07, 6.45) is 6.11. The third-order valence-electron chi connectivity index (χ3n) is 5.32. The van der Waals surface area contributed by atoms with Crippen molar-refractivity contribution in [3.8, 4) is 11.6 Å². The number of ether oxygens (including phenoxy) is 1. The topological polar surface area (TPSA) is 116 Å². The number of aromatic nitrogens is 4. The van der Waals surface area contributed by atoms with Gasteiger partial charge in [-0.05, 0) is 42.3 Å². The molecule has 3 aromatic heterocycles. The Kier molecular flexibility index (Phi) is 6.29. The first kappa shape index (κ1) is 23.3. The van der Waals surface area contributed by atoms with Gasteiger partial charge in [-0.15, -0.1) is 0 Å². The van der Waals surface area contributed by atoms with Crippen molar-refractivity contribution in [1.82, 2.24) is 25.1 Å². The second-order valence-electron chi connectivity index (χ2n) is 7.64. The van der Waals surface area contributed by atoms with Crippen LogP contribution < -0.4 is 10.1 Å². The zero-order chi connectivity index (χ0) is 24.5. The fraction of sp³-hybridized carbons (Fsp3) is 0.217. The van der Waals surface area contributed by atoms with Crippen molar-refractivity contribution in [2.45, 2.75) is 24.4 Å². The van der Waals surface area contributed by atoms with E-state index in [2.05, 4.69) is 20.4 Å². The number of fused-ring (bicyclic) bond motifs is 1. The van der Waals surface area contributed by atoms with E-state index in [9.17, 15) is 17.6 Å². The molecule has 0 spiro atoms. The van der Waals surface area contributed by atoms with Crippen LogP contribution in [0.5, 0.6) is 5.88 Å². The quantitative estimate of drug-likeness (QED) is 0.429. The standard InChI is InChI=1S/C23H22FN5O4S/c1-4-19(14-9-21(33-2)28-22(10-14)34(3,31)32)27-23(30)18-11-25-13-20-17(18)12-26-29(20)16-7-5-15(24)6-8-16/h5-13,19H,4H2,1-3H3,(H,27,30). The highest BCUT2D eigenvalue weighted by Gasteiger charge is 2.21. The highest BCUT2D eigenvalue weighted by molar-refractivity contribution is 7.90. The minimum atomic E-state index is -3.58. The van der Waals surface area contributed by atoms with Crippen LogP contribution in [-0.4, -0.2) is 47.4 Å². The van der Waals surface area contributed by atoms with Crippen molar-refractivity contribution < 1.29 is 22.3 Å². The number of sulfone groups is 1. The molecule has 11 heteroatoms. The van der Waals surface area contributed by atoms with E-state index >= 15 is 0 Å². The monoisotopic (exact) mass is 483 g/mol. The summed E-state index contributed by atoms with van der Waals surface area (Å²) in [5.74, 6) is -0.633. The average Bonchev–Trinajstić information content (AvgIpc) is 3.26. The minimum Gasteiger partial charge on any atom is -0.481 e. The number of nitrogens with zero attached hydrogens (tertiary/aromatic N) is 4. The molecular formula is C23H22FN5O4S. The van der Waals surface area contributed by atoms with Crippen LogP contribution in [0.4, 0.5) is 4.39 Å². The van der Waals surface area contributed by atoms with Gasteiger partial charge >= 0.3 is 0 Å². The number of halogens is 1. The Balaban J connectivity index is 1.68. The lowest BCUT2D eigenvalue weighted by Crippen LogP contribution is -2.28. The maximum atomic E-state index is 13.3. The molecule has 1 atom stereocenters. The average molecular weight is 484 g/mol. The zero-order valence-corrected chi connectivity index (χ0v) is 19.5. The smallest absolute Gasteiger partial charge is 0.254 e. The van der Waals surface area contributed by atoms with Crippen LogP contribution in [0.25, 0.3) is 16.6 Å². The molecule has 176 valence electrons. The number of benzene rings is 1. The number of hydrogen-bond donors (Lipinski definition) is 1. The normalized spacial score (nSPS) is 12.5. The van der Waals surface area contributed by atoms with Crippen LogP contribution in [0.15, 0.2) is 60.0 Å². The number of rotatable bonds is 7. The van der Waals surface area contributed by atoms with Gasteiger partial charge in [0.15, 0.2) is 14.9 Å². The number of carbonyl (C=O) groups excluding carboxylic acids is 1. The largest absolute Gasteiger partial charge is 0.481 e. The summed E-state index contributed by atoms with van der Waals surface area (Å²) in [5.41, 5.74) is 2.05. The zero-order valence-electron chi connectivity index (χ0n) is 18.7. The summed E-state index contributed by atoms with van der Waals surface area (Å²) in [5, 5.41) is 7.70. The van der Waals surface area contributed by atoms with E-state index in [4.69, 9.17) is 4.74 Å². The number of nitrogens with one attached hydrogen (secondary N) is 1. The second-order valence-corrected chi connectivity index (χ2v) is 9.60. The predicted molar refractivity (Wildman–Crippen MR) is 123 cm³/mol. The third kappa shape index (κ3) is 4.60. The van der Waals surface area contributed by atoms with Crippen LogP contribution in [0.1, 0.15) is 35.3 Å². The van der Waals surface area contributed by atoms with E-state index in [0.717, 1.165) is 6.26 Å². The van der Waals surface area contributed by atoms with Crippen molar-refractivity contribution in [2.75, 3.05) is 13.4 Å². The molecule has 1 aromatic carbocycles. The lowest BCUT2D eigenvalue weighted by atomic mass is 10.0. The molecule has 9 nitrogen and oxygen atoms in total. The first-order chi connectivity index (χ1) is 16.2. The van der Waals surface area contributed by atoms with Crippen molar-refractivity contribution in [3.05, 3.63) is 71.9 Å².